The van der Waals surface area contributed by atoms with Crippen LogP contribution < -0.4 is 14.8 Å². The fraction of sp³-hybridized carbons (Fsp3) is 0.263. The third-order valence-corrected chi connectivity index (χ3v) is 3.54. The van der Waals surface area contributed by atoms with Crippen LogP contribution in [0.5, 0.6) is 11.5 Å². The number of carbonyl (C=O) groups is 2. The van der Waals surface area contributed by atoms with Crippen LogP contribution in [0.25, 0.3) is 0 Å². The van der Waals surface area contributed by atoms with Crippen LogP contribution in [0.1, 0.15) is 11.1 Å². The Kier molecular flexibility index (Phi) is 6.83. The number of rotatable bonds is 8. The maximum absolute atomic E-state index is 11.9. The number of esters is 1. The molecular weight excluding hydrogens is 322 g/mol. The summed E-state index contributed by atoms with van der Waals surface area (Å²) in [5.74, 6) is 0.750. The highest BCUT2D eigenvalue weighted by Gasteiger charge is 2.07. The van der Waals surface area contributed by atoms with E-state index >= 15 is 0 Å². The molecule has 0 heterocycles. The molecule has 0 aliphatic heterocycles. The summed E-state index contributed by atoms with van der Waals surface area (Å²) < 4.78 is 15.3. The van der Waals surface area contributed by atoms with Gasteiger partial charge in [0.2, 0.25) is 0 Å². The average molecular weight is 343 g/mol. The van der Waals surface area contributed by atoms with Crippen molar-refractivity contribution in [3.63, 3.8) is 0 Å². The van der Waals surface area contributed by atoms with Gasteiger partial charge in [-0.05, 0) is 23.8 Å². The van der Waals surface area contributed by atoms with Gasteiger partial charge in [-0.2, -0.15) is 0 Å². The lowest BCUT2D eigenvalue weighted by molar-refractivity contribution is -0.139. The van der Waals surface area contributed by atoms with E-state index in [1.807, 2.05) is 24.3 Å². The van der Waals surface area contributed by atoms with Gasteiger partial charge < -0.3 is 19.5 Å². The molecular formula is C19H21NO5. The number of amides is 1. The zero-order valence-corrected chi connectivity index (χ0v) is 14.3. The summed E-state index contributed by atoms with van der Waals surface area (Å²) in [4.78, 5) is 23.1. The van der Waals surface area contributed by atoms with Crippen molar-refractivity contribution in [3.8, 4) is 11.5 Å². The van der Waals surface area contributed by atoms with Gasteiger partial charge in [0.05, 0.1) is 20.6 Å². The number of methoxy groups -OCH3 is 2. The summed E-state index contributed by atoms with van der Waals surface area (Å²) in [6.45, 7) is 0.274. The number of para-hydroxylation sites is 1. The molecule has 25 heavy (non-hydrogen) atoms. The van der Waals surface area contributed by atoms with Gasteiger partial charge in [0.1, 0.15) is 11.5 Å². The summed E-state index contributed by atoms with van der Waals surface area (Å²) in [6, 6.07) is 14.4. The van der Waals surface area contributed by atoms with E-state index in [4.69, 9.17) is 9.47 Å². The fourth-order valence-electron chi connectivity index (χ4n) is 2.19. The zero-order chi connectivity index (χ0) is 18.1. The summed E-state index contributed by atoms with van der Waals surface area (Å²) in [6.07, 6.45) is 0.205. The van der Waals surface area contributed by atoms with E-state index in [1.54, 1.807) is 31.4 Å². The predicted molar refractivity (Wildman–Crippen MR) is 92.5 cm³/mol. The Morgan fingerprint density at radius 2 is 1.72 bits per heavy atom. The maximum Gasteiger partial charge on any atom is 0.309 e. The van der Waals surface area contributed by atoms with Gasteiger partial charge in [-0.1, -0.05) is 30.3 Å². The molecule has 2 rings (SSSR count). The standard InChI is InChI=1S/C19H21NO5/c1-23-17-6-4-3-5-15(17)12-20-18(21)13-25-16-9-7-14(8-10-16)11-19(22)24-2/h3-10H,11-13H2,1-2H3,(H,20,21). The van der Waals surface area contributed by atoms with Crippen LogP contribution >= 0.6 is 0 Å². The van der Waals surface area contributed by atoms with Gasteiger partial charge in [0.25, 0.3) is 5.91 Å². The first-order valence-corrected chi connectivity index (χ1v) is 7.79. The van der Waals surface area contributed by atoms with Crippen molar-refractivity contribution in [2.75, 3.05) is 20.8 Å². The van der Waals surface area contributed by atoms with Crippen LogP contribution in [-0.4, -0.2) is 32.7 Å². The molecule has 1 amide bonds. The molecule has 6 nitrogen and oxygen atoms in total. The summed E-state index contributed by atoms with van der Waals surface area (Å²) in [5.41, 5.74) is 1.71. The fourth-order valence-corrected chi connectivity index (χ4v) is 2.19. The molecule has 1 N–H and O–H groups in total. The molecule has 6 heteroatoms. The number of hydrogen-bond donors (Lipinski definition) is 1. The van der Waals surface area contributed by atoms with Crippen molar-refractivity contribution in [1.29, 1.82) is 0 Å². The molecule has 132 valence electrons. The van der Waals surface area contributed by atoms with Gasteiger partial charge in [-0.3, -0.25) is 9.59 Å². The molecule has 0 saturated heterocycles. The Labute approximate surface area is 146 Å². The summed E-state index contributed by atoms with van der Waals surface area (Å²) >= 11 is 0. The number of ether oxygens (including phenoxy) is 3. The van der Waals surface area contributed by atoms with Crippen LogP contribution in [0.2, 0.25) is 0 Å². The number of hydrogen-bond acceptors (Lipinski definition) is 5. The van der Waals surface area contributed by atoms with E-state index in [0.717, 1.165) is 16.9 Å². The van der Waals surface area contributed by atoms with Crippen molar-refractivity contribution >= 4 is 11.9 Å². The van der Waals surface area contributed by atoms with E-state index in [9.17, 15) is 9.59 Å². The van der Waals surface area contributed by atoms with Gasteiger partial charge in [0.15, 0.2) is 6.61 Å². The second-order valence-electron chi connectivity index (χ2n) is 5.27. The molecule has 0 saturated carbocycles. The second kappa shape index (κ2) is 9.32. The summed E-state index contributed by atoms with van der Waals surface area (Å²) in [7, 11) is 2.94. The average Bonchev–Trinajstić information content (AvgIpc) is 2.65. The second-order valence-corrected chi connectivity index (χ2v) is 5.27. The van der Waals surface area contributed by atoms with E-state index < -0.39 is 0 Å². The molecule has 2 aromatic rings. The van der Waals surface area contributed by atoms with Gasteiger partial charge in [-0.25, -0.2) is 0 Å². The SMILES string of the molecule is COC(=O)Cc1ccc(OCC(=O)NCc2ccccc2OC)cc1. The molecule has 0 unspecified atom stereocenters. The van der Waals surface area contributed by atoms with Gasteiger partial charge >= 0.3 is 5.97 Å². The molecule has 0 radical (unpaired) electrons. The van der Waals surface area contributed by atoms with Crippen LogP contribution in [0, 0.1) is 0 Å². The third kappa shape index (κ3) is 5.84. The normalized spacial score (nSPS) is 10.0. The monoisotopic (exact) mass is 343 g/mol. The molecule has 0 spiro atoms. The van der Waals surface area contributed by atoms with Gasteiger partial charge in [0, 0.05) is 12.1 Å². The first-order chi connectivity index (χ1) is 12.1. The van der Waals surface area contributed by atoms with Crippen LogP contribution in [-0.2, 0) is 27.3 Å². The Hall–Kier alpha value is -3.02. The van der Waals surface area contributed by atoms with Crippen molar-refractivity contribution in [1.82, 2.24) is 5.32 Å². The molecule has 0 aliphatic rings. The topological polar surface area (TPSA) is 73.9 Å². The lowest BCUT2D eigenvalue weighted by atomic mass is 10.1. The smallest absolute Gasteiger partial charge is 0.309 e. The molecule has 0 fully saturated rings. The van der Waals surface area contributed by atoms with Crippen LogP contribution in [0.3, 0.4) is 0 Å². The first kappa shape index (κ1) is 18.3. The largest absolute Gasteiger partial charge is 0.496 e. The van der Waals surface area contributed by atoms with Gasteiger partial charge in [-0.15, -0.1) is 0 Å². The van der Waals surface area contributed by atoms with E-state index in [-0.39, 0.29) is 24.9 Å². The highest BCUT2D eigenvalue weighted by molar-refractivity contribution is 5.77. The molecule has 0 bridgehead atoms. The molecule has 0 atom stereocenters. The minimum Gasteiger partial charge on any atom is -0.496 e. The maximum atomic E-state index is 11.9. The third-order valence-electron chi connectivity index (χ3n) is 3.54. The summed E-state index contributed by atoms with van der Waals surface area (Å²) in [5, 5.41) is 2.78. The number of nitrogens with one attached hydrogen (secondary N) is 1. The van der Waals surface area contributed by atoms with E-state index in [1.165, 1.54) is 7.11 Å². The Morgan fingerprint density at radius 3 is 2.40 bits per heavy atom. The minimum absolute atomic E-state index is 0.0918. The Morgan fingerprint density at radius 1 is 1.00 bits per heavy atom. The first-order valence-electron chi connectivity index (χ1n) is 7.79. The molecule has 2 aromatic carbocycles. The highest BCUT2D eigenvalue weighted by atomic mass is 16.5. The number of carbonyl (C=O) groups excluding carboxylic acids is 2. The van der Waals surface area contributed by atoms with E-state index in [2.05, 4.69) is 10.1 Å². The zero-order valence-electron chi connectivity index (χ0n) is 14.3. The highest BCUT2D eigenvalue weighted by Crippen LogP contribution is 2.16. The van der Waals surface area contributed by atoms with Crippen molar-refractivity contribution < 1.29 is 23.8 Å². The Balaban J connectivity index is 1.79. The van der Waals surface area contributed by atoms with Crippen molar-refractivity contribution in [2.45, 2.75) is 13.0 Å². The molecule has 0 aliphatic carbocycles. The lowest BCUT2D eigenvalue weighted by Gasteiger charge is -2.10. The lowest BCUT2D eigenvalue weighted by Crippen LogP contribution is -2.28. The minimum atomic E-state index is -0.301. The quantitative estimate of drug-likeness (QED) is 0.743. The van der Waals surface area contributed by atoms with Crippen LogP contribution in [0.4, 0.5) is 0 Å². The Bertz CT molecular complexity index is 712. The predicted octanol–water partition coefficient (Wildman–Crippen LogP) is 2.11. The van der Waals surface area contributed by atoms with Crippen molar-refractivity contribution in [3.05, 3.63) is 59.7 Å². The van der Waals surface area contributed by atoms with Crippen molar-refractivity contribution in [2.24, 2.45) is 0 Å². The number of benzene rings is 2. The molecule has 0 aromatic heterocycles. The van der Waals surface area contributed by atoms with E-state index in [0.29, 0.717) is 12.3 Å². The van der Waals surface area contributed by atoms with Crippen LogP contribution in [0.15, 0.2) is 48.5 Å².